The number of rotatable bonds is 5. The van der Waals surface area contributed by atoms with Gasteiger partial charge in [0, 0.05) is 35.7 Å². The Morgan fingerprint density at radius 2 is 1.93 bits per heavy atom. The van der Waals surface area contributed by atoms with Gasteiger partial charge in [-0.2, -0.15) is 5.10 Å². The Hall–Kier alpha value is -2.68. The van der Waals surface area contributed by atoms with Gasteiger partial charge in [-0.3, -0.25) is 4.79 Å². The van der Waals surface area contributed by atoms with Crippen LogP contribution in [-0.4, -0.2) is 38.7 Å². The highest BCUT2D eigenvalue weighted by Crippen LogP contribution is 2.33. The van der Waals surface area contributed by atoms with Crippen LogP contribution in [0.25, 0.3) is 5.65 Å². The number of hydrogen-bond donors (Lipinski definition) is 2. The van der Waals surface area contributed by atoms with Gasteiger partial charge in [0.15, 0.2) is 5.65 Å². The molecule has 1 amide bonds. The molecule has 0 bridgehead atoms. The molecule has 1 aliphatic carbocycles. The van der Waals surface area contributed by atoms with Gasteiger partial charge in [0.1, 0.15) is 11.4 Å². The smallest absolute Gasteiger partial charge is 0.256 e. The van der Waals surface area contributed by atoms with Crippen molar-refractivity contribution in [1.82, 2.24) is 19.9 Å². The zero-order chi connectivity index (χ0) is 20.4. The number of halogens is 2. The molecule has 6 nitrogen and oxygen atoms in total. The maximum Gasteiger partial charge on any atom is 0.256 e. The number of aromatic nitrogens is 3. The molecule has 0 radical (unpaired) electrons. The summed E-state index contributed by atoms with van der Waals surface area (Å²) in [6.07, 6.45) is 5.32. The number of carbonyl (C=O) groups is 1. The Balaban J connectivity index is 1.49. The average Bonchev–Trinajstić information content (AvgIpc) is 3.13. The van der Waals surface area contributed by atoms with Gasteiger partial charge in [-0.1, -0.05) is 0 Å². The Labute approximate surface area is 171 Å². The van der Waals surface area contributed by atoms with Crippen molar-refractivity contribution in [3.8, 4) is 0 Å². The first kappa shape index (κ1) is 19.6. The number of benzene rings is 1. The van der Waals surface area contributed by atoms with E-state index in [1.165, 1.54) is 10.7 Å². The van der Waals surface area contributed by atoms with Crippen LogP contribution >= 0.6 is 11.8 Å². The minimum Gasteiger partial charge on any atom is -0.349 e. The third kappa shape index (κ3) is 4.50. The molecule has 29 heavy (non-hydrogen) atoms. The average molecular weight is 417 g/mol. The summed E-state index contributed by atoms with van der Waals surface area (Å²) in [5.74, 6) is -2.38. The predicted molar refractivity (Wildman–Crippen MR) is 109 cm³/mol. The minimum atomic E-state index is -2.62. The molecule has 0 spiro atoms. The van der Waals surface area contributed by atoms with Crippen molar-refractivity contribution >= 4 is 34.8 Å². The molecule has 1 fully saturated rings. The van der Waals surface area contributed by atoms with Gasteiger partial charge in [0.25, 0.3) is 5.91 Å². The molecule has 3 aromatic rings. The monoisotopic (exact) mass is 417 g/mol. The van der Waals surface area contributed by atoms with E-state index < -0.39 is 5.92 Å². The van der Waals surface area contributed by atoms with Gasteiger partial charge >= 0.3 is 0 Å². The largest absolute Gasteiger partial charge is 0.349 e. The van der Waals surface area contributed by atoms with Crippen molar-refractivity contribution in [2.24, 2.45) is 0 Å². The van der Waals surface area contributed by atoms with Gasteiger partial charge in [0.2, 0.25) is 5.92 Å². The number of anilines is 2. The van der Waals surface area contributed by atoms with Crippen LogP contribution in [0.2, 0.25) is 0 Å². The van der Waals surface area contributed by atoms with Gasteiger partial charge < -0.3 is 10.6 Å². The van der Waals surface area contributed by atoms with Gasteiger partial charge in [-0.05, 0) is 49.4 Å². The first-order valence-electron chi connectivity index (χ1n) is 9.38. The fourth-order valence-corrected chi connectivity index (χ4v) is 3.78. The first-order chi connectivity index (χ1) is 13.9. The summed E-state index contributed by atoms with van der Waals surface area (Å²) >= 11 is 1.66. The van der Waals surface area contributed by atoms with Crippen molar-refractivity contribution in [2.75, 3.05) is 11.6 Å². The second-order valence-corrected chi connectivity index (χ2v) is 7.98. The van der Waals surface area contributed by atoms with Crippen LogP contribution in [0.1, 0.15) is 36.0 Å². The molecule has 152 valence electrons. The van der Waals surface area contributed by atoms with Crippen molar-refractivity contribution in [3.63, 3.8) is 0 Å². The zero-order valence-electron chi connectivity index (χ0n) is 15.9. The number of nitrogens with one attached hydrogen (secondary N) is 2. The van der Waals surface area contributed by atoms with Crippen LogP contribution in [0.3, 0.4) is 0 Å². The van der Waals surface area contributed by atoms with E-state index >= 15 is 0 Å². The number of thioether (sulfide) groups is 1. The van der Waals surface area contributed by atoms with E-state index in [2.05, 4.69) is 20.7 Å². The standard InChI is InChI=1S/C20H21F2N5OS/c1-29-15-4-2-13(3-5-15)24-17-8-11-27-18(26-17)16(12-23-27)19(28)25-14-6-9-20(21,22)10-7-14/h2-5,8,11-12,14H,6-7,9-10H2,1H3,(H,24,26)(H,25,28). The van der Waals surface area contributed by atoms with Gasteiger partial charge in [-0.15, -0.1) is 11.8 Å². The summed E-state index contributed by atoms with van der Waals surface area (Å²) in [6, 6.07) is 9.45. The number of hydrogen-bond acceptors (Lipinski definition) is 5. The Kier molecular flexibility index (Phi) is 5.40. The van der Waals surface area contributed by atoms with Crippen molar-refractivity contribution < 1.29 is 13.6 Å². The van der Waals surface area contributed by atoms with Crippen LogP contribution in [0.4, 0.5) is 20.3 Å². The molecule has 0 aliphatic heterocycles. The topological polar surface area (TPSA) is 71.3 Å². The molecular weight excluding hydrogens is 396 g/mol. The lowest BCUT2D eigenvalue weighted by molar-refractivity contribution is -0.0399. The van der Waals surface area contributed by atoms with Crippen molar-refractivity contribution in [1.29, 1.82) is 0 Å². The lowest BCUT2D eigenvalue weighted by Gasteiger charge is -2.28. The van der Waals surface area contributed by atoms with Gasteiger partial charge in [0.05, 0.1) is 6.20 Å². The van der Waals surface area contributed by atoms with Crippen LogP contribution < -0.4 is 10.6 Å². The SMILES string of the molecule is CSc1ccc(Nc2ccn3ncc(C(=O)NC4CCC(F)(F)CC4)c3n2)cc1. The molecular formula is C20H21F2N5OS. The quantitative estimate of drug-likeness (QED) is 0.598. The highest BCUT2D eigenvalue weighted by atomic mass is 32.2. The van der Waals surface area contributed by atoms with Crippen LogP contribution in [-0.2, 0) is 0 Å². The number of fused-ring (bicyclic) bond motifs is 1. The molecule has 2 heterocycles. The molecule has 9 heteroatoms. The Bertz CT molecular complexity index is 1010. The molecule has 1 aliphatic rings. The second kappa shape index (κ2) is 7.98. The predicted octanol–water partition coefficient (Wildman–Crippen LogP) is 4.50. The van der Waals surface area contributed by atoms with Crippen molar-refractivity contribution in [3.05, 3.63) is 48.3 Å². The van der Waals surface area contributed by atoms with E-state index in [-0.39, 0.29) is 37.6 Å². The van der Waals surface area contributed by atoms with E-state index in [9.17, 15) is 13.6 Å². The Morgan fingerprint density at radius 1 is 1.21 bits per heavy atom. The molecule has 1 saturated carbocycles. The summed E-state index contributed by atoms with van der Waals surface area (Å²) in [4.78, 5) is 18.3. The molecule has 0 saturated heterocycles. The van der Waals surface area contributed by atoms with E-state index in [0.717, 1.165) is 10.6 Å². The summed E-state index contributed by atoms with van der Waals surface area (Å²) in [7, 11) is 0. The lowest BCUT2D eigenvalue weighted by Crippen LogP contribution is -2.40. The summed E-state index contributed by atoms with van der Waals surface area (Å²) in [5.41, 5.74) is 1.62. The molecule has 0 unspecified atom stereocenters. The van der Waals surface area contributed by atoms with Crippen LogP contribution in [0.5, 0.6) is 0 Å². The maximum atomic E-state index is 13.3. The fourth-order valence-electron chi connectivity index (χ4n) is 3.37. The second-order valence-electron chi connectivity index (χ2n) is 7.10. The number of nitrogens with zero attached hydrogens (tertiary/aromatic N) is 3. The summed E-state index contributed by atoms with van der Waals surface area (Å²) in [6.45, 7) is 0. The van der Waals surface area contributed by atoms with Crippen molar-refractivity contribution in [2.45, 2.75) is 42.5 Å². The van der Waals surface area contributed by atoms with Gasteiger partial charge in [-0.25, -0.2) is 18.3 Å². The number of carbonyl (C=O) groups excluding carboxylic acids is 1. The third-order valence-electron chi connectivity index (χ3n) is 5.03. The maximum absolute atomic E-state index is 13.3. The highest BCUT2D eigenvalue weighted by Gasteiger charge is 2.35. The number of amides is 1. The van der Waals surface area contributed by atoms with E-state index in [1.807, 2.05) is 30.5 Å². The highest BCUT2D eigenvalue weighted by molar-refractivity contribution is 7.98. The normalized spacial score (nSPS) is 16.7. The fraction of sp³-hybridized carbons (Fsp3) is 0.350. The molecule has 2 aromatic heterocycles. The molecule has 2 N–H and O–H groups in total. The van der Waals surface area contributed by atoms with Crippen LogP contribution in [0.15, 0.2) is 47.6 Å². The Morgan fingerprint density at radius 3 is 2.62 bits per heavy atom. The number of alkyl halides is 2. The van der Waals surface area contributed by atoms with E-state index in [0.29, 0.717) is 17.0 Å². The van der Waals surface area contributed by atoms with E-state index in [1.54, 1.807) is 24.0 Å². The van der Waals surface area contributed by atoms with Crippen LogP contribution in [0, 0.1) is 0 Å². The third-order valence-corrected chi connectivity index (χ3v) is 5.77. The first-order valence-corrected chi connectivity index (χ1v) is 10.6. The molecule has 0 atom stereocenters. The minimum absolute atomic E-state index is 0.200. The van der Waals surface area contributed by atoms with E-state index in [4.69, 9.17) is 0 Å². The summed E-state index contributed by atoms with van der Waals surface area (Å²) in [5, 5.41) is 10.2. The summed E-state index contributed by atoms with van der Waals surface area (Å²) < 4.78 is 28.2. The lowest BCUT2D eigenvalue weighted by atomic mass is 9.92. The zero-order valence-corrected chi connectivity index (χ0v) is 16.7. The molecule has 4 rings (SSSR count). The molecule has 1 aromatic carbocycles.